The molecular formula is C16H15BrO2. The molecule has 2 nitrogen and oxygen atoms in total. The van der Waals surface area contributed by atoms with Crippen LogP contribution in [-0.2, 0) is 0 Å². The Kier molecular flexibility index (Phi) is 4.74. The summed E-state index contributed by atoms with van der Waals surface area (Å²) in [6.45, 7) is 2.40. The first-order valence-corrected chi connectivity index (χ1v) is 6.93. The van der Waals surface area contributed by atoms with Crippen molar-refractivity contribution in [2.24, 2.45) is 0 Å². The number of aryl methyl sites for hydroxylation is 1. The van der Waals surface area contributed by atoms with E-state index in [0.29, 0.717) is 13.0 Å². The minimum absolute atomic E-state index is 0.106. The molecule has 0 saturated heterocycles. The molecule has 0 spiro atoms. The second kappa shape index (κ2) is 6.53. The summed E-state index contributed by atoms with van der Waals surface area (Å²) in [6, 6.07) is 15.1. The van der Waals surface area contributed by atoms with Crippen molar-refractivity contribution in [3.8, 4) is 5.75 Å². The number of ketones is 1. The zero-order valence-electron chi connectivity index (χ0n) is 10.7. The van der Waals surface area contributed by atoms with E-state index in [1.165, 1.54) is 0 Å². The van der Waals surface area contributed by atoms with E-state index in [1.54, 1.807) is 0 Å². The predicted octanol–water partition coefficient (Wildman–Crippen LogP) is 4.41. The number of rotatable bonds is 5. The van der Waals surface area contributed by atoms with Crippen LogP contribution in [0.25, 0.3) is 0 Å². The van der Waals surface area contributed by atoms with Gasteiger partial charge in [0.15, 0.2) is 5.78 Å². The lowest BCUT2D eigenvalue weighted by molar-refractivity contribution is 0.0962. The second-order valence-electron chi connectivity index (χ2n) is 4.30. The van der Waals surface area contributed by atoms with Gasteiger partial charge in [0.05, 0.1) is 6.61 Å². The van der Waals surface area contributed by atoms with Gasteiger partial charge >= 0.3 is 0 Å². The molecule has 0 fully saturated rings. The molecular weight excluding hydrogens is 304 g/mol. The molecule has 2 aromatic rings. The third kappa shape index (κ3) is 3.93. The first-order valence-electron chi connectivity index (χ1n) is 6.14. The summed E-state index contributed by atoms with van der Waals surface area (Å²) in [6.07, 6.45) is 0.388. The van der Waals surface area contributed by atoms with Crippen molar-refractivity contribution in [3.05, 3.63) is 64.1 Å². The average molecular weight is 319 g/mol. The molecule has 0 heterocycles. The van der Waals surface area contributed by atoms with Crippen molar-refractivity contribution in [2.75, 3.05) is 6.61 Å². The van der Waals surface area contributed by atoms with E-state index < -0.39 is 0 Å². The first kappa shape index (κ1) is 13.8. The van der Waals surface area contributed by atoms with Crippen molar-refractivity contribution in [1.82, 2.24) is 0 Å². The second-order valence-corrected chi connectivity index (χ2v) is 5.15. The highest BCUT2D eigenvalue weighted by Crippen LogP contribution is 2.21. The van der Waals surface area contributed by atoms with Crippen LogP contribution in [-0.4, -0.2) is 12.4 Å². The predicted molar refractivity (Wildman–Crippen MR) is 79.8 cm³/mol. The van der Waals surface area contributed by atoms with Gasteiger partial charge < -0.3 is 4.74 Å². The Morgan fingerprint density at radius 1 is 1.16 bits per heavy atom. The van der Waals surface area contributed by atoms with Gasteiger partial charge in [-0.05, 0) is 30.7 Å². The zero-order chi connectivity index (χ0) is 13.7. The van der Waals surface area contributed by atoms with Crippen LogP contribution in [0, 0.1) is 6.92 Å². The number of halogens is 1. The van der Waals surface area contributed by atoms with Crippen LogP contribution in [0.3, 0.4) is 0 Å². The van der Waals surface area contributed by atoms with Crippen molar-refractivity contribution in [1.29, 1.82) is 0 Å². The lowest BCUT2D eigenvalue weighted by atomic mass is 10.1. The minimum Gasteiger partial charge on any atom is -0.493 e. The summed E-state index contributed by atoms with van der Waals surface area (Å²) >= 11 is 3.44. The van der Waals surface area contributed by atoms with E-state index in [1.807, 2.05) is 55.5 Å². The Balaban J connectivity index is 1.87. The van der Waals surface area contributed by atoms with E-state index in [0.717, 1.165) is 21.3 Å². The lowest BCUT2D eigenvalue weighted by Crippen LogP contribution is -2.06. The molecule has 0 N–H and O–H groups in total. The van der Waals surface area contributed by atoms with E-state index in [2.05, 4.69) is 15.9 Å². The molecule has 0 saturated carbocycles. The molecule has 0 aromatic heterocycles. The first-order chi connectivity index (χ1) is 9.16. The third-order valence-electron chi connectivity index (χ3n) is 2.82. The summed E-state index contributed by atoms with van der Waals surface area (Å²) in [5.74, 6) is 0.899. The standard InChI is InChI=1S/C16H15BrO2/c1-12-11-14(7-8-15(12)17)19-10-9-16(18)13-5-3-2-4-6-13/h2-8,11H,9-10H2,1H3. The summed E-state index contributed by atoms with van der Waals surface area (Å²) in [5.41, 5.74) is 1.85. The monoisotopic (exact) mass is 318 g/mol. The smallest absolute Gasteiger partial charge is 0.166 e. The summed E-state index contributed by atoms with van der Waals surface area (Å²) < 4.78 is 6.65. The van der Waals surface area contributed by atoms with Crippen LogP contribution >= 0.6 is 15.9 Å². The summed E-state index contributed by atoms with van der Waals surface area (Å²) in [4.78, 5) is 11.9. The van der Waals surface area contributed by atoms with Crippen LogP contribution in [0.1, 0.15) is 22.3 Å². The maximum Gasteiger partial charge on any atom is 0.166 e. The van der Waals surface area contributed by atoms with E-state index in [4.69, 9.17) is 4.74 Å². The number of carbonyl (C=O) groups excluding carboxylic acids is 1. The Morgan fingerprint density at radius 2 is 1.89 bits per heavy atom. The molecule has 19 heavy (non-hydrogen) atoms. The fourth-order valence-electron chi connectivity index (χ4n) is 1.74. The van der Waals surface area contributed by atoms with Gasteiger partial charge in [-0.2, -0.15) is 0 Å². The normalized spacial score (nSPS) is 10.2. The van der Waals surface area contributed by atoms with Gasteiger partial charge in [-0.15, -0.1) is 0 Å². The largest absolute Gasteiger partial charge is 0.493 e. The van der Waals surface area contributed by atoms with Crippen molar-refractivity contribution < 1.29 is 9.53 Å². The fraction of sp³-hybridized carbons (Fsp3) is 0.188. The Hall–Kier alpha value is -1.61. The van der Waals surface area contributed by atoms with Gasteiger partial charge in [0.1, 0.15) is 5.75 Å². The minimum atomic E-state index is 0.106. The zero-order valence-corrected chi connectivity index (χ0v) is 12.3. The fourth-order valence-corrected chi connectivity index (χ4v) is 1.98. The van der Waals surface area contributed by atoms with Gasteiger partial charge in [0.25, 0.3) is 0 Å². The van der Waals surface area contributed by atoms with Gasteiger partial charge in [0.2, 0.25) is 0 Å². The molecule has 98 valence electrons. The number of carbonyl (C=O) groups is 1. The molecule has 2 aromatic carbocycles. The molecule has 2 rings (SSSR count). The maximum absolute atomic E-state index is 11.9. The lowest BCUT2D eigenvalue weighted by Gasteiger charge is -2.07. The molecule has 0 aliphatic rings. The Labute approximate surface area is 121 Å². The van der Waals surface area contributed by atoms with Crippen LogP contribution in [0.2, 0.25) is 0 Å². The summed E-state index contributed by atoms with van der Waals surface area (Å²) in [7, 11) is 0. The van der Waals surface area contributed by atoms with Gasteiger partial charge in [-0.1, -0.05) is 46.3 Å². The topological polar surface area (TPSA) is 26.3 Å². The SMILES string of the molecule is Cc1cc(OCCC(=O)c2ccccc2)ccc1Br. The Bertz CT molecular complexity index is 564. The third-order valence-corrected chi connectivity index (χ3v) is 3.71. The van der Waals surface area contributed by atoms with Crippen LogP contribution in [0.5, 0.6) is 5.75 Å². The number of hydrogen-bond acceptors (Lipinski definition) is 2. The van der Waals surface area contributed by atoms with Crippen LogP contribution in [0.4, 0.5) is 0 Å². The number of Topliss-reactive ketones (excluding diaryl/α,β-unsaturated/α-hetero) is 1. The maximum atomic E-state index is 11.9. The quantitative estimate of drug-likeness (QED) is 0.763. The molecule has 0 aliphatic heterocycles. The van der Waals surface area contributed by atoms with Crippen LogP contribution in [0.15, 0.2) is 53.0 Å². The van der Waals surface area contributed by atoms with Gasteiger partial charge in [-0.3, -0.25) is 4.79 Å². The van der Waals surface area contributed by atoms with Gasteiger partial charge in [0, 0.05) is 16.5 Å². The molecule has 0 unspecified atom stereocenters. The molecule has 0 aliphatic carbocycles. The van der Waals surface area contributed by atoms with Crippen molar-refractivity contribution in [2.45, 2.75) is 13.3 Å². The number of ether oxygens (including phenoxy) is 1. The van der Waals surface area contributed by atoms with E-state index >= 15 is 0 Å². The average Bonchev–Trinajstić information content (AvgIpc) is 2.43. The number of benzene rings is 2. The molecule has 0 amide bonds. The highest BCUT2D eigenvalue weighted by molar-refractivity contribution is 9.10. The van der Waals surface area contributed by atoms with E-state index in [9.17, 15) is 4.79 Å². The molecule has 0 atom stereocenters. The highest BCUT2D eigenvalue weighted by atomic mass is 79.9. The molecule has 0 radical (unpaired) electrons. The highest BCUT2D eigenvalue weighted by Gasteiger charge is 2.05. The van der Waals surface area contributed by atoms with E-state index in [-0.39, 0.29) is 5.78 Å². The number of hydrogen-bond donors (Lipinski definition) is 0. The Morgan fingerprint density at radius 3 is 2.58 bits per heavy atom. The van der Waals surface area contributed by atoms with Gasteiger partial charge in [-0.25, -0.2) is 0 Å². The molecule has 3 heteroatoms. The summed E-state index contributed by atoms with van der Waals surface area (Å²) in [5, 5.41) is 0. The van der Waals surface area contributed by atoms with Crippen LogP contribution < -0.4 is 4.74 Å². The van der Waals surface area contributed by atoms with Crippen molar-refractivity contribution in [3.63, 3.8) is 0 Å². The van der Waals surface area contributed by atoms with Crippen molar-refractivity contribution >= 4 is 21.7 Å². The molecule has 0 bridgehead atoms.